The van der Waals surface area contributed by atoms with E-state index in [4.69, 9.17) is 0 Å². The summed E-state index contributed by atoms with van der Waals surface area (Å²) in [5, 5.41) is 3.58. The van der Waals surface area contributed by atoms with Crippen LogP contribution in [0.1, 0.15) is 66.7 Å². The van der Waals surface area contributed by atoms with Crippen LogP contribution >= 0.6 is 0 Å². The van der Waals surface area contributed by atoms with Gasteiger partial charge in [-0.3, -0.25) is 10.1 Å². The predicted molar refractivity (Wildman–Crippen MR) is 83.3 cm³/mol. The molecule has 1 aliphatic carbocycles. The third-order valence-electron chi connectivity index (χ3n) is 5.40. The summed E-state index contributed by atoms with van der Waals surface area (Å²) in [7, 11) is 0. The Hall–Kier alpha value is -0.570. The summed E-state index contributed by atoms with van der Waals surface area (Å²) in [5.41, 5.74) is 0. The highest BCUT2D eigenvalue weighted by Gasteiger charge is 2.44. The Morgan fingerprint density at radius 3 is 2.60 bits per heavy atom. The third-order valence-corrected chi connectivity index (χ3v) is 5.40. The van der Waals surface area contributed by atoms with Gasteiger partial charge in [-0.05, 0) is 37.0 Å². The van der Waals surface area contributed by atoms with E-state index >= 15 is 0 Å². The second-order valence-corrected chi connectivity index (χ2v) is 7.35. The number of hydrogen-bond donors (Lipinski definition) is 1. The fourth-order valence-corrected chi connectivity index (χ4v) is 4.01. The van der Waals surface area contributed by atoms with Crippen molar-refractivity contribution in [3.63, 3.8) is 0 Å². The molecule has 2 rings (SSSR count). The smallest absolute Gasteiger partial charge is 0.241 e. The minimum absolute atomic E-state index is 0.0457. The highest BCUT2D eigenvalue weighted by atomic mass is 16.2. The van der Waals surface area contributed by atoms with Crippen LogP contribution in [0.15, 0.2) is 0 Å². The highest BCUT2D eigenvalue weighted by Crippen LogP contribution is 2.36. The maximum atomic E-state index is 12.8. The molecule has 5 atom stereocenters. The third kappa shape index (κ3) is 3.03. The lowest BCUT2D eigenvalue weighted by Crippen LogP contribution is -2.50. The van der Waals surface area contributed by atoms with Crippen LogP contribution in [0.3, 0.4) is 0 Å². The molecule has 0 bridgehead atoms. The van der Waals surface area contributed by atoms with Crippen molar-refractivity contribution in [2.24, 2.45) is 17.8 Å². The maximum absolute atomic E-state index is 12.8. The molecule has 1 heterocycles. The average Bonchev–Trinajstić information content (AvgIpc) is 2.69. The van der Waals surface area contributed by atoms with Gasteiger partial charge in [0.1, 0.15) is 0 Å². The van der Waals surface area contributed by atoms with Gasteiger partial charge < -0.3 is 4.90 Å². The van der Waals surface area contributed by atoms with E-state index in [1.807, 2.05) is 0 Å². The molecule has 0 aromatic heterocycles. The Labute approximate surface area is 124 Å². The largest absolute Gasteiger partial charge is 0.323 e. The number of hydrogen-bond acceptors (Lipinski definition) is 2. The summed E-state index contributed by atoms with van der Waals surface area (Å²) < 4.78 is 0. The van der Waals surface area contributed by atoms with E-state index in [2.05, 4.69) is 44.8 Å². The molecule has 0 aromatic carbocycles. The summed E-state index contributed by atoms with van der Waals surface area (Å²) in [6.07, 6.45) is 6.00. The lowest BCUT2D eigenvalue weighted by molar-refractivity contribution is -0.135. The quantitative estimate of drug-likeness (QED) is 0.856. The molecule has 0 radical (unpaired) electrons. The number of rotatable bonds is 4. The van der Waals surface area contributed by atoms with Crippen molar-refractivity contribution in [3.8, 4) is 0 Å². The monoisotopic (exact) mass is 280 g/mol. The van der Waals surface area contributed by atoms with E-state index in [-0.39, 0.29) is 12.2 Å². The highest BCUT2D eigenvalue weighted by molar-refractivity contribution is 5.84. The van der Waals surface area contributed by atoms with E-state index < -0.39 is 0 Å². The van der Waals surface area contributed by atoms with Crippen LogP contribution in [0.4, 0.5) is 0 Å². The Bertz CT molecular complexity index is 342. The standard InChI is InChI=1S/C17H32N2O/c1-6-16-18-14(10-11(2)3)17(20)19(16)15-9-7-8-12(4)13(15)5/h11-16,18H,6-10H2,1-5H3. The number of carbonyl (C=O) groups is 1. The van der Waals surface area contributed by atoms with Crippen molar-refractivity contribution in [1.29, 1.82) is 0 Å². The lowest BCUT2D eigenvalue weighted by Gasteiger charge is -2.42. The van der Waals surface area contributed by atoms with E-state index in [0.717, 1.165) is 18.8 Å². The molecule has 5 unspecified atom stereocenters. The minimum Gasteiger partial charge on any atom is -0.323 e. The van der Waals surface area contributed by atoms with Gasteiger partial charge in [-0.1, -0.05) is 47.5 Å². The van der Waals surface area contributed by atoms with Gasteiger partial charge in [0, 0.05) is 6.04 Å². The fraction of sp³-hybridized carbons (Fsp3) is 0.941. The predicted octanol–water partition coefficient (Wildman–Crippen LogP) is 3.39. The Morgan fingerprint density at radius 1 is 1.30 bits per heavy atom. The first-order valence-corrected chi connectivity index (χ1v) is 8.53. The minimum atomic E-state index is 0.0457. The molecular formula is C17H32N2O. The summed E-state index contributed by atoms with van der Waals surface area (Å²) in [4.78, 5) is 15.0. The first kappa shape index (κ1) is 15.8. The molecule has 1 saturated heterocycles. The summed E-state index contributed by atoms with van der Waals surface area (Å²) in [6, 6.07) is 0.491. The van der Waals surface area contributed by atoms with E-state index in [1.165, 1.54) is 19.3 Å². The Kier molecular flexibility index (Phi) is 5.11. The van der Waals surface area contributed by atoms with Crippen LogP contribution in [-0.4, -0.2) is 29.1 Å². The molecule has 1 N–H and O–H groups in total. The number of amides is 1. The van der Waals surface area contributed by atoms with Crippen LogP contribution in [0.5, 0.6) is 0 Å². The van der Waals surface area contributed by atoms with Gasteiger partial charge in [0.15, 0.2) is 0 Å². The molecule has 1 aliphatic heterocycles. The van der Waals surface area contributed by atoms with E-state index in [9.17, 15) is 4.79 Å². The molecule has 3 heteroatoms. The lowest BCUT2D eigenvalue weighted by atomic mass is 9.77. The molecule has 2 aliphatic rings. The zero-order chi connectivity index (χ0) is 14.9. The van der Waals surface area contributed by atoms with Crippen LogP contribution in [0, 0.1) is 17.8 Å². The topological polar surface area (TPSA) is 32.3 Å². The molecule has 3 nitrogen and oxygen atoms in total. The molecule has 0 spiro atoms. The molecule has 1 amide bonds. The van der Waals surface area contributed by atoms with Gasteiger partial charge in [0.2, 0.25) is 5.91 Å². The molecule has 0 aromatic rings. The van der Waals surface area contributed by atoms with Crippen LogP contribution < -0.4 is 5.32 Å². The van der Waals surface area contributed by atoms with Crippen LogP contribution in [0.2, 0.25) is 0 Å². The number of nitrogens with zero attached hydrogens (tertiary/aromatic N) is 1. The van der Waals surface area contributed by atoms with Crippen molar-refractivity contribution in [2.45, 2.75) is 85.0 Å². The number of carbonyl (C=O) groups excluding carboxylic acids is 1. The SMILES string of the molecule is CCC1NC(CC(C)C)C(=O)N1C1CCCC(C)C1C. The van der Waals surface area contributed by atoms with E-state index in [1.54, 1.807) is 0 Å². The fourth-order valence-electron chi connectivity index (χ4n) is 4.01. The molecular weight excluding hydrogens is 248 g/mol. The molecule has 116 valence electrons. The van der Waals surface area contributed by atoms with Gasteiger partial charge in [0.05, 0.1) is 12.2 Å². The van der Waals surface area contributed by atoms with Crippen molar-refractivity contribution in [3.05, 3.63) is 0 Å². The van der Waals surface area contributed by atoms with Crippen LogP contribution in [0.25, 0.3) is 0 Å². The van der Waals surface area contributed by atoms with Gasteiger partial charge in [-0.25, -0.2) is 0 Å². The summed E-state index contributed by atoms with van der Waals surface area (Å²) in [5.74, 6) is 2.29. The Morgan fingerprint density at radius 2 is 2.00 bits per heavy atom. The maximum Gasteiger partial charge on any atom is 0.241 e. The first-order valence-electron chi connectivity index (χ1n) is 8.53. The molecule has 2 fully saturated rings. The van der Waals surface area contributed by atoms with Gasteiger partial charge in [-0.2, -0.15) is 0 Å². The van der Waals surface area contributed by atoms with Crippen LogP contribution in [-0.2, 0) is 4.79 Å². The molecule has 20 heavy (non-hydrogen) atoms. The van der Waals surface area contributed by atoms with E-state index in [0.29, 0.717) is 23.8 Å². The van der Waals surface area contributed by atoms with Crippen molar-refractivity contribution < 1.29 is 4.79 Å². The van der Waals surface area contributed by atoms with Gasteiger partial charge >= 0.3 is 0 Å². The Balaban J connectivity index is 2.13. The number of nitrogens with one attached hydrogen (secondary N) is 1. The summed E-state index contributed by atoms with van der Waals surface area (Å²) >= 11 is 0. The normalized spacial score (nSPS) is 38.8. The van der Waals surface area contributed by atoms with Crippen molar-refractivity contribution in [1.82, 2.24) is 10.2 Å². The first-order chi connectivity index (χ1) is 9.45. The van der Waals surface area contributed by atoms with Crippen molar-refractivity contribution >= 4 is 5.91 Å². The summed E-state index contributed by atoms with van der Waals surface area (Å²) in [6.45, 7) is 11.3. The zero-order valence-electron chi connectivity index (χ0n) is 13.9. The van der Waals surface area contributed by atoms with Gasteiger partial charge in [0.25, 0.3) is 0 Å². The average molecular weight is 280 g/mol. The van der Waals surface area contributed by atoms with Crippen molar-refractivity contribution in [2.75, 3.05) is 0 Å². The molecule has 1 saturated carbocycles. The van der Waals surface area contributed by atoms with Gasteiger partial charge in [-0.15, -0.1) is 0 Å². The zero-order valence-corrected chi connectivity index (χ0v) is 13.9. The second-order valence-electron chi connectivity index (χ2n) is 7.35. The second kappa shape index (κ2) is 6.46.